The van der Waals surface area contributed by atoms with Gasteiger partial charge in [-0.25, -0.2) is 9.67 Å². The molecule has 1 atom stereocenters. The fourth-order valence-corrected chi connectivity index (χ4v) is 2.56. The highest BCUT2D eigenvalue weighted by molar-refractivity contribution is 5.40. The summed E-state index contributed by atoms with van der Waals surface area (Å²) < 4.78 is 7.27. The Morgan fingerprint density at radius 3 is 2.82 bits per heavy atom. The van der Waals surface area contributed by atoms with Crippen LogP contribution in [0.5, 0.6) is 5.88 Å². The van der Waals surface area contributed by atoms with Gasteiger partial charge >= 0.3 is 0 Å². The first kappa shape index (κ1) is 14.5. The number of rotatable bonds is 3. The van der Waals surface area contributed by atoms with Crippen molar-refractivity contribution in [2.24, 2.45) is 0 Å². The maximum Gasteiger partial charge on any atom is 0.268 e. The summed E-state index contributed by atoms with van der Waals surface area (Å²) >= 11 is 0. The standard InChI is InChI=1S/C15H19N5O2/c1-9-13-6-12(22-15(13)18-10(2)17-9)8-20-14(21)5-11(7-16-20)19(3)4/h5,7,12H,6,8H2,1-4H3. The number of aromatic nitrogens is 4. The Hall–Kier alpha value is -2.44. The van der Waals surface area contributed by atoms with E-state index in [0.717, 1.165) is 16.9 Å². The minimum atomic E-state index is -0.139. The molecule has 3 heterocycles. The van der Waals surface area contributed by atoms with E-state index in [9.17, 15) is 4.79 Å². The molecule has 3 rings (SSSR count). The van der Waals surface area contributed by atoms with Crippen LogP contribution in [0.3, 0.4) is 0 Å². The third-order valence-corrected chi connectivity index (χ3v) is 3.75. The van der Waals surface area contributed by atoms with Gasteiger partial charge in [0.15, 0.2) is 0 Å². The van der Waals surface area contributed by atoms with E-state index in [-0.39, 0.29) is 11.7 Å². The van der Waals surface area contributed by atoms with Crippen molar-refractivity contribution in [2.75, 3.05) is 19.0 Å². The van der Waals surface area contributed by atoms with Crippen molar-refractivity contribution in [3.05, 3.63) is 39.7 Å². The quantitative estimate of drug-likeness (QED) is 0.832. The van der Waals surface area contributed by atoms with Crippen LogP contribution < -0.4 is 15.2 Å². The highest BCUT2D eigenvalue weighted by Gasteiger charge is 2.27. The number of aryl methyl sites for hydroxylation is 2. The van der Waals surface area contributed by atoms with Crippen molar-refractivity contribution >= 4 is 5.69 Å². The summed E-state index contributed by atoms with van der Waals surface area (Å²) in [5.74, 6) is 1.33. The largest absolute Gasteiger partial charge is 0.472 e. The van der Waals surface area contributed by atoms with Gasteiger partial charge < -0.3 is 9.64 Å². The highest BCUT2D eigenvalue weighted by atomic mass is 16.5. The van der Waals surface area contributed by atoms with Crippen molar-refractivity contribution in [3.8, 4) is 5.88 Å². The molecule has 116 valence electrons. The summed E-state index contributed by atoms with van der Waals surface area (Å²) in [5, 5.41) is 4.21. The maximum absolute atomic E-state index is 12.1. The van der Waals surface area contributed by atoms with Gasteiger partial charge in [-0.05, 0) is 13.8 Å². The Bertz CT molecular complexity index is 769. The highest BCUT2D eigenvalue weighted by Crippen LogP contribution is 2.28. The monoisotopic (exact) mass is 301 g/mol. The van der Waals surface area contributed by atoms with Gasteiger partial charge in [0.2, 0.25) is 5.88 Å². The van der Waals surface area contributed by atoms with Gasteiger partial charge in [-0.3, -0.25) is 4.79 Å². The second kappa shape index (κ2) is 5.40. The van der Waals surface area contributed by atoms with E-state index in [1.807, 2.05) is 32.8 Å². The molecule has 0 N–H and O–H groups in total. The number of anilines is 1. The van der Waals surface area contributed by atoms with Crippen LogP contribution in [0.25, 0.3) is 0 Å². The molecule has 7 nitrogen and oxygen atoms in total. The smallest absolute Gasteiger partial charge is 0.268 e. The molecule has 1 aliphatic heterocycles. The Morgan fingerprint density at radius 1 is 1.36 bits per heavy atom. The van der Waals surface area contributed by atoms with Gasteiger partial charge in [-0.1, -0.05) is 0 Å². The third kappa shape index (κ3) is 2.66. The SMILES string of the molecule is Cc1nc(C)c2c(n1)OC(Cn1ncc(N(C)C)cc1=O)C2. The van der Waals surface area contributed by atoms with Crippen LogP contribution in [0.2, 0.25) is 0 Å². The summed E-state index contributed by atoms with van der Waals surface area (Å²) in [6.45, 7) is 4.20. The molecule has 0 saturated carbocycles. The molecule has 0 aliphatic carbocycles. The molecule has 0 saturated heterocycles. The first-order valence-corrected chi connectivity index (χ1v) is 7.19. The second-order valence-corrected chi connectivity index (χ2v) is 5.71. The van der Waals surface area contributed by atoms with Crippen molar-refractivity contribution < 1.29 is 4.74 Å². The van der Waals surface area contributed by atoms with Crippen molar-refractivity contribution in [3.63, 3.8) is 0 Å². The summed E-state index contributed by atoms with van der Waals surface area (Å²) in [7, 11) is 3.75. The molecule has 2 aromatic rings. The molecular formula is C15H19N5O2. The van der Waals surface area contributed by atoms with E-state index in [1.54, 1.807) is 12.3 Å². The topological polar surface area (TPSA) is 73.1 Å². The molecule has 1 unspecified atom stereocenters. The zero-order chi connectivity index (χ0) is 15.9. The molecule has 2 aromatic heterocycles. The molecule has 0 fully saturated rings. The number of hydrogen-bond acceptors (Lipinski definition) is 6. The van der Waals surface area contributed by atoms with Gasteiger partial charge in [-0.2, -0.15) is 10.1 Å². The van der Waals surface area contributed by atoms with E-state index < -0.39 is 0 Å². The van der Waals surface area contributed by atoms with Gasteiger partial charge in [-0.15, -0.1) is 0 Å². The lowest BCUT2D eigenvalue weighted by molar-refractivity contribution is 0.194. The fourth-order valence-electron chi connectivity index (χ4n) is 2.56. The van der Waals surface area contributed by atoms with Crippen LogP contribution in [-0.4, -0.2) is 39.9 Å². The summed E-state index contributed by atoms with van der Waals surface area (Å²) in [4.78, 5) is 22.6. The van der Waals surface area contributed by atoms with Crippen LogP contribution in [-0.2, 0) is 13.0 Å². The summed E-state index contributed by atoms with van der Waals surface area (Å²) in [6, 6.07) is 1.57. The maximum atomic E-state index is 12.1. The van der Waals surface area contributed by atoms with Crippen LogP contribution in [0, 0.1) is 13.8 Å². The summed E-state index contributed by atoms with van der Waals surface area (Å²) in [5.41, 5.74) is 2.61. The molecule has 22 heavy (non-hydrogen) atoms. The van der Waals surface area contributed by atoms with Crippen molar-refractivity contribution in [1.82, 2.24) is 19.7 Å². The van der Waals surface area contributed by atoms with Crippen molar-refractivity contribution in [2.45, 2.75) is 32.9 Å². The molecule has 0 spiro atoms. The summed E-state index contributed by atoms with van der Waals surface area (Å²) in [6.07, 6.45) is 2.24. The average molecular weight is 301 g/mol. The lowest BCUT2D eigenvalue weighted by Gasteiger charge is -2.14. The Kier molecular flexibility index (Phi) is 3.56. The Balaban J connectivity index is 1.79. The second-order valence-electron chi connectivity index (χ2n) is 5.71. The molecule has 0 aromatic carbocycles. The predicted octanol–water partition coefficient (Wildman–Crippen LogP) is 0.720. The van der Waals surface area contributed by atoms with Crippen LogP contribution in [0.1, 0.15) is 17.1 Å². The predicted molar refractivity (Wildman–Crippen MR) is 82.5 cm³/mol. The normalized spacial score (nSPS) is 16.3. The van der Waals surface area contributed by atoms with Crippen LogP contribution in [0.4, 0.5) is 5.69 Å². The van der Waals surface area contributed by atoms with Crippen molar-refractivity contribution in [1.29, 1.82) is 0 Å². The molecular weight excluding hydrogens is 282 g/mol. The molecule has 7 heteroatoms. The van der Waals surface area contributed by atoms with E-state index in [1.165, 1.54) is 4.68 Å². The molecule has 0 amide bonds. The minimum Gasteiger partial charge on any atom is -0.472 e. The fraction of sp³-hybridized carbons (Fsp3) is 0.467. The van der Waals surface area contributed by atoms with Gasteiger partial charge in [0.1, 0.15) is 11.9 Å². The number of hydrogen-bond donors (Lipinski definition) is 0. The lowest BCUT2D eigenvalue weighted by atomic mass is 10.1. The minimum absolute atomic E-state index is 0.134. The molecule has 0 bridgehead atoms. The first-order chi connectivity index (χ1) is 10.4. The van der Waals surface area contributed by atoms with Crippen LogP contribution in [0.15, 0.2) is 17.1 Å². The zero-order valence-electron chi connectivity index (χ0n) is 13.2. The van der Waals surface area contributed by atoms with E-state index in [0.29, 0.717) is 24.7 Å². The average Bonchev–Trinajstić information content (AvgIpc) is 2.83. The number of ether oxygens (including phenoxy) is 1. The lowest BCUT2D eigenvalue weighted by Crippen LogP contribution is -2.31. The van der Waals surface area contributed by atoms with Gasteiger partial charge in [0.25, 0.3) is 5.56 Å². The molecule has 0 radical (unpaired) electrons. The number of fused-ring (bicyclic) bond motifs is 1. The number of nitrogens with zero attached hydrogens (tertiary/aromatic N) is 5. The Morgan fingerprint density at radius 2 is 2.14 bits per heavy atom. The Labute approximate surface area is 128 Å². The third-order valence-electron chi connectivity index (χ3n) is 3.75. The van der Waals surface area contributed by atoms with E-state index in [2.05, 4.69) is 15.1 Å². The van der Waals surface area contributed by atoms with Gasteiger partial charge in [0.05, 0.1) is 18.4 Å². The van der Waals surface area contributed by atoms with Gasteiger partial charge in [0, 0.05) is 37.8 Å². The zero-order valence-corrected chi connectivity index (χ0v) is 13.2. The molecule has 1 aliphatic rings. The van der Waals surface area contributed by atoms with E-state index >= 15 is 0 Å². The van der Waals surface area contributed by atoms with Crippen LogP contribution >= 0.6 is 0 Å². The van der Waals surface area contributed by atoms with E-state index in [4.69, 9.17) is 4.74 Å². The first-order valence-electron chi connectivity index (χ1n) is 7.19.